The van der Waals surface area contributed by atoms with E-state index in [0.717, 1.165) is 19.5 Å². The van der Waals surface area contributed by atoms with Crippen molar-refractivity contribution >= 4 is 0 Å². The van der Waals surface area contributed by atoms with Crippen molar-refractivity contribution in [1.82, 2.24) is 5.32 Å². The van der Waals surface area contributed by atoms with Gasteiger partial charge in [-0.15, -0.1) is 0 Å². The van der Waals surface area contributed by atoms with Gasteiger partial charge in [-0.25, -0.2) is 0 Å². The van der Waals surface area contributed by atoms with Gasteiger partial charge < -0.3 is 5.32 Å². The fraction of sp³-hybridized carbons (Fsp3) is 0.588. The topological polar surface area (TPSA) is 35.8 Å². The normalized spacial score (nSPS) is 12.5. The van der Waals surface area contributed by atoms with Crippen LogP contribution in [-0.2, 0) is 6.42 Å². The number of aryl methyl sites for hydroxylation is 3. The second-order valence-corrected chi connectivity index (χ2v) is 5.80. The standard InChI is InChI=1S/C17H26N2/c1-12(2)17(10-18)11-19-7-6-16-9-14(4)13(3)8-15(16)5/h8-9,12,17,19H,6-7,11H2,1-5H3. The molecule has 0 amide bonds. The zero-order chi connectivity index (χ0) is 14.4. The van der Waals surface area contributed by atoms with Crippen LogP contribution in [0.25, 0.3) is 0 Å². The minimum absolute atomic E-state index is 0.112. The summed E-state index contributed by atoms with van der Waals surface area (Å²) < 4.78 is 0. The Morgan fingerprint density at radius 3 is 2.32 bits per heavy atom. The Hall–Kier alpha value is -1.33. The van der Waals surface area contributed by atoms with Crippen LogP contribution in [0.1, 0.15) is 36.1 Å². The quantitative estimate of drug-likeness (QED) is 0.792. The fourth-order valence-corrected chi connectivity index (χ4v) is 2.20. The van der Waals surface area contributed by atoms with Crippen molar-refractivity contribution < 1.29 is 0 Å². The Kier molecular flexibility index (Phi) is 6.05. The number of rotatable bonds is 6. The van der Waals surface area contributed by atoms with E-state index in [2.05, 4.69) is 58.1 Å². The van der Waals surface area contributed by atoms with Crippen LogP contribution in [0.5, 0.6) is 0 Å². The van der Waals surface area contributed by atoms with Crippen molar-refractivity contribution in [1.29, 1.82) is 5.26 Å². The first-order chi connectivity index (χ1) is 8.95. The van der Waals surface area contributed by atoms with E-state index in [1.54, 1.807) is 0 Å². The molecular formula is C17H26N2. The van der Waals surface area contributed by atoms with Gasteiger partial charge in [0.25, 0.3) is 0 Å². The average molecular weight is 258 g/mol. The highest BCUT2D eigenvalue weighted by Crippen LogP contribution is 2.15. The van der Waals surface area contributed by atoms with Gasteiger partial charge in [0.05, 0.1) is 12.0 Å². The fourth-order valence-electron chi connectivity index (χ4n) is 2.20. The number of nitriles is 1. The largest absolute Gasteiger partial charge is 0.315 e. The Morgan fingerprint density at radius 1 is 1.11 bits per heavy atom. The molecule has 104 valence electrons. The third-order valence-corrected chi connectivity index (χ3v) is 3.86. The van der Waals surface area contributed by atoms with Crippen molar-refractivity contribution in [3.63, 3.8) is 0 Å². The molecule has 0 saturated carbocycles. The van der Waals surface area contributed by atoms with Gasteiger partial charge in [-0.05, 0) is 61.9 Å². The lowest BCUT2D eigenvalue weighted by Gasteiger charge is -2.14. The maximum atomic E-state index is 9.03. The molecule has 2 nitrogen and oxygen atoms in total. The molecule has 0 aliphatic carbocycles. The Labute approximate surface area is 117 Å². The Bertz CT molecular complexity index is 455. The Balaban J connectivity index is 2.46. The molecule has 1 aromatic carbocycles. The van der Waals surface area contributed by atoms with Crippen LogP contribution in [0.3, 0.4) is 0 Å². The van der Waals surface area contributed by atoms with Gasteiger partial charge in [-0.1, -0.05) is 26.0 Å². The van der Waals surface area contributed by atoms with Crippen molar-refractivity contribution in [2.24, 2.45) is 11.8 Å². The van der Waals surface area contributed by atoms with Crippen LogP contribution in [0, 0.1) is 43.9 Å². The van der Waals surface area contributed by atoms with Gasteiger partial charge in [0.1, 0.15) is 0 Å². The third-order valence-electron chi connectivity index (χ3n) is 3.86. The van der Waals surface area contributed by atoms with Crippen molar-refractivity contribution in [2.45, 2.75) is 41.0 Å². The van der Waals surface area contributed by atoms with Crippen LogP contribution in [0.15, 0.2) is 12.1 Å². The maximum Gasteiger partial charge on any atom is 0.0671 e. The predicted octanol–water partition coefficient (Wildman–Crippen LogP) is 3.54. The van der Waals surface area contributed by atoms with Gasteiger partial charge in [-0.2, -0.15) is 5.26 Å². The van der Waals surface area contributed by atoms with Gasteiger partial charge in [0, 0.05) is 6.54 Å². The molecule has 0 spiro atoms. The molecule has 0 bridgehead atoms. The maximum absolute atomic E-state index is 9.03. The summed E-state index contributed by atoms with van der Waals surface area (Å²) in [5, 5.41) is 12.4. The average Bonchev–Trinajstić information content (AvgIpc) is 2.34. The number of nitrogens with one attached hydrogen (secondary N) is 1. The lowest BCUT2D eigenvalue weighted by molar-refractivity contribution is 0.444. The zero-order valence-electron chi connectivity index (χ0n) is 12.9. The number of nitrogens with zero attached hydrogens (tertiary/aromatic N) is 1. The summed E-state index contributed by atoms with van der Waals surface area (Å²) >= 11 is 0. The first-order valence-electron chi connectivity index (χ1n) is 7.12. The Morgan fingerprint density at radius 2 is 1.74 bits per heavy atom. The van der Waals surface area contributed by atoms with Gasteiger partial charge in [-0.3, -0.25) is 0 Å². The highest BCUT2D eigenvalue weighted by atomic mass is 14.9. The first-order valence-corrected chi connectivity index (χ1v) is 7.12. The van der Waals surface area contributed by atoms with E-state index in [0.29, 0.717) is 5.92 Å². The molecule has 0 aliphatic heterocycles. The van der Waals surface area contributed by atoms with Crippen LogP contribution in [0.4, 0.5) is 0 Å². The second kappa shape index (κ2) is 7.31. The van der Waals surface area contributed by atoms with E-state index in [4.69, 9.17) is 5.26 Å². The SMILES string of the molecule is Cc1cc(C)c(CCNCC(C#N)C(C)C)cc1C. The van der Waals surface area contributed by atoms with E-state index in [1.165, 1.54) is 22.3 Å². The van der Waals surface area contributed by atoms with Crippen LogP contribution < -0.4 is 5.32 Å². The minimum Gasteiger partial charge on any atom is -0.315 e. The smallest absolute Gasteiger partial charge is 0.0671 e. The monoisotopic (exact) mass is 258 g/mol. The number of hydrogen-bond acceptors (Lipinski definition) is 2. The summed E-state index contributed by atoms with van der Waals surface area (Å²) in [6.45, 7) is 12.4. The highest BCUT2D eigenvalue weighted by molar-refractivity contribution is 5.36. The highest BCUT2D eigenvalue weighted by Gasteiger charge is 2.11. The molecule has 0 aromatic heterocycles. The molecule has 0 aliphatic rings. The van der Waals surface area contributed by atoms with Crippen molar-refractivity contribution in [3.8, 4) is 6.07 Å². The molecule has 19 heavy (non-hydrogen) atoms. The van der Waals surface area contributed by atoms with Crippen molar-refractivity contribution in [2.75, 3.05) is 13.1 Å². The third kappa shape index (κ3) is 4.69. The van der Waals surface area contributed by atoms with Gasteiger partial charge in [0.15, 0.2) is 0 Å². The molecule has 1 N–H and O–H groups in total. The van der Waals surface area contributed by atoms with E-state index in [1.807, 2.05) is 0 Å². The summed E-state index contributed by atoms with van der Waals surface area (Å²) in [5.74, 6) is 0.529. The van der Waals surface area contributed by atoms with Gasteiger partial charge >= 0.3 is 0 Å². The molecule has 0 fully saturated rings. The molecule has 0 heterocycles. The number of benzene rings is 1. The number of hydrogen-bond donors (Lipinski definition) is 1. The summed E-state index contributed by atoms with van der Waals surface area (Å²) in [5.41, 5.74) is 5.50. The van der Waals surface area contributed by atoms with E-state index < -0.39 is 0 Å². The summed E-state index contributed by atoms with van der Waals surface area (Å²) in [6.07, 6.45) is 1.03. The molecule has 1 rings (SSSR count). The van der Waals surface area contributed by atoms with E-state index >= 15 is 0 Å². The summed E-state index contributed by atoms with van der Waals surface area (Å²) in [6, 6.07) is 6.91. The lowest BCUT2D eigenvalue weighted by atomic mass is 9.97. The predicted molar refractivity (Wildman–Crippen MR) is 81.2 cm³/mol. The van der Waals surface area contributed by atoms with Gasteiger partial charge in [0.2, 0.25) is 0 Å². The second-order valence-electron chi connectivity index (χ2n) is 5.80. The van der Waals surface area contributed by atoms with Crippen LogP contribution >= 0.6 is 0 Å². The molecular weight excluding hydrogens is 232 g/mol. The molecule has 1 aromatic rings. The molecule has 0 saturated heterocycles. The summed E-state index contributed by atoms with van der Waals surface area (Å²) in [7, 11) is 0. The van der Waals surface area contributed by atoms with E-state index in [-0.39, 0.29) is 5.92 Å². The first kappa shape index (κ1) is 15.7. The van der Waals surface area contributed by atoms with Crippen LogP contribution in [-0.4, -0.2) is 13.1 Å². The molecule has 1 unspecified atom stereocenters. The van der Waals surface area contributed by atoms with E-state index in [9.17, 15) is 0 Å². The zero-order valence-corrected chi connectivity index (χ0v) is 12.9. The minimum atomic E-state index is 0.112. The van der Waals surface area contributed by atoms with Crippen molar-refractivity contribution in [3.05, 3.63) is 34.4 Å². The molecule has 0 radical (unpaired) electrons. The lowest BCUT2D eigenvalue weighted by Crippen LogP contribution is -2.27. The summed E-state index contributed by atoms with van der Waals surface area (Å²) in [4.78, 5) is 0. The molecule has 1 atom stereocenters. The molecule has 2 heteroatoms. The van der Waals surface area contributed by atoms with Crippen LogP contribution in [0.2, 0.25) is 0 Å².